The number of hydrogen-bond acceptors (Lipinski definition) is 3. The van der Waals surface area contributed by atoms with Crippen LogP contribution in [0.5, 0.6) is 5.75 Å². The fourth-order valence-corrected chi connectivity index (χ4v) is 3.44. The molecule has 0 saturated carbocycles. The van der Waals surface area contributed by atoms with E-state index in [1.165, 1.54) is 0 Å². The average molecular weight is 417 g/mol. The van der Waals surface area contributed by atoms with E-state index in [4.69, 9.17) is 4.74 Å². The van der Waals surface area contributed by atoms with Crippen molar-refractivity contribution < 1.29 is 14.3 Å². The Kier molecular flexibility index (Phi) is 5.93. The van der Waals surface area contributed by atoms with Gasteiger partial charge in [-0.15, -0.1) is 0 Å². The molecule has 0 aromatic heterocycles. The van der Waals surface area contributed by atoms with E-state index in [9.17, 15) is 9.59 Å². The number of rotatable bonds is 4. The third-order valence-electron chi connectivity index (χ3n) is 4.54. The number of carbonyl (C=O) groups excluding carboxylic acids is 2. The lowest BCUT2D eigenvalue weighted by Gasteiger charge is -2.32. The number of hydrogen-bond donors (Lipinski definition) is 1. The summed E-state index contributed by atoms with van der Waals surface area (Å²) in [6, 6.07) is 14.6. The van der Waals surface area contributed by atoms with Gasteiger partial charge in [0.1, 0.15) is 5.75 Å². The molecule has 6 heteroatoms. The normalized spacial score (nSPS) is 14.8. The fourth-order valence-electron chi connectivity index (χ4n) is 3.04. The van der Waals surface area contributed by atoms with E-state index in [1.807, 2.05) is 17.0 Å². The number of carbonyl (C=O) groups is 2. The molecule has 0 spiro atoms. The standard InChI is InChI=1S/C20H21BrN2O3/c1-26-18-7-5-14(6-8-18)20(25)23-11-9-17(10-12-23)22-19(24)15-3-2-4-16(21)13-15/h2-8,13,17H,9-12H2,1H3,(H,22,24). The van der Waals surface area contributed by atoms with Gasteiger partial charge in [-0.3, -0.25) is 9.59 Å². The van der Waals surface area contributed by atoms with Crippen LogP contribution in [0.1, 0.15) is 33.6 Å². The first-order chi connectivity index (χ1) is 12.6. The smallest absolute Gasteiger partial charge is 0.253 e. The molecule has 1 N–H and O–H groups in total. The van der Waals surface area contributed by atoms with Crippen molar-refractivity contribution in [3.63, 3.8) is 0 Å². The summed E-state index contributed by atoms with van der Waals surface area (Å²) in [4.78, 5) is 26.8. The Bertz CT molecular complexity index is 784. The molecule has 136 valence electrons. The molecule has 2 aromatic carbocycles. The minimum absolute atomic E-state index is 0.0180. The van der Waals surface area contributed by atoms with Gasteiger partial charge >= 0.3 is 0 Å². The number of halogens is 1. The molecule has 3 rings (SSSR count). The quantitative estimate of drug-likeness (QED) is 0.829. The summed E-state index contributed by atoms with van der Waals surface area (Å²) in [6.07, 6.45) is 1.50. The van der Waals surface area contributed by atoms with Gasteiger partial charge in [0.25, 0.3) is 11.8 Å². The summed E-state index contributed by atoms with van der Waals surface area (Å²) in [5.41, 5.74) is 1.29. The van der Waals surface area contributed by atoms with Crippen LogP contribution in [-0.4, -0.2) is 43.0 Å². The zero-order valence-corrected chi connectivity index (χ0v) is 16.2. The molecular weight excluding hydrogens is 396 g/mol. The largest absolute Gasteiger partial charge is 0.497 e. The maximum Gasteiger partial charge on any atom is 0.253 e. The molecule has 1 aliphatic rings. The third-order valence-corrected chi connectivity index (χ3v) is 5.03. The van der Waals surface area contributed by atoms with E-state index in [-0.39, 0.29) is 17.9 Å². The topological polar surface area (TPSA) is 58.6 Å². The van der Waals surface area contributed by atoms with E-state index in [1.54, 1.807) is 43.5 Å². The molecule has 1 aliphatic heterocycles. The lowest BCUT2D eigenvalue weighted by Crippen LogP contribution is -2.46. The first kappa shape index (κ1) is 18.5. The monoisotopic (exact) mass is 416 g/mol. The van der Waals surface area contributed by atoms with Crippen molar-refractivity contribution in [3.05, 3.63) is 64.1 Å². The SMILES string of the molecule is COc1ccc(C(=O)N2CCC(NC(=O)c3cccc(Br)c3)CC2)cc1. The molecule has 1 fully saturated rings. The Morgan fingerprint density at radius 2 is 1.77 bits per heavy atom. The predicted octanol–water partition coefficient (Wildman–Crippen LogP) is 3.49. The van der Waals surface area contributed by atoms with Gasteiger partial charge in [-0.25, -0.2) is 0 Å². The van der Waals surface area contributed by atoms with E-state index < -0.39 is 0 Å². The molecule has 26 heavy (non-hydrogen) atoms. The zero-order chi connectivity index (χ0) is 18.5. The molecule has 2 aromatic rings. The number of methoxy groups -OCH3 is 1. The molecule has 0 atom stereocenters. The Morgan fingerprint density at radius 3 is 2.38 bits per heavy atom. The Balaban J connectivity index is 1.53. The summed E-state index contributed by atoms with van der Waals surface area (Å²) in [5, 5.41) is 3.06. The van der Waals surface area contributed by atoms with Crippen LogP contribution in [0.15, 0.2) is 53.0 Å². The highest BCUT2D eigenvalue weighted by atomic mass is 79.9. The second-order valence-corrected chi connectivity index (χ2v) is 7.19. The van der Waals surface area contributed by atoms with Crippen LogP contribution in [-0.2, 0) is 0 Å². The van der Waals surface area contributed by atoms with Gasteiger partial charge in [-0.1, -0.05) is 22.0 Å². The minimum atomic E-state index is -0.0776. The van der Waals surface area contributed by atoms with E-state index >= 15 is 0 Å². The second-order valence-electron chi connectivity index (χ2n) is 6.28. The minimum Gasteiger partial charge on any atom is -0.497 e. The third kappa shape index (κ3) is 4.43. The summed E-state index contributed by atoms with van der Waals surface area (Å²) >= 11 is 3.38. The molecule has 1 saturated heterocycles. The number of amides is 2. The Labute approximate surface area is 161 Å². The Morgan fingerprint density at radius 1 is 1.08 bits per heavy atom. The summed E-state index contributed by atoms with van der Waals surface area (Å²) in [7, 11) is 1.60. The number of nitrogens with one attached hydrogen (secondary N) is 1. The Hall–Kier alpha value is -2.34. The first-order valence-corrected chi connectivity index (χ1v) is 9.36. The predicted molar refractivity (Wildman–Crippen MR) is 104 cm³/mol. The number of piperidine rings is 1. The maximum absolute atomic E-state index is 12.6. The fraction of sp³-hybridized carbons (Fsp3) is 0.300. The van der Waals surface area contributed by atoms with Gasteiger partial charge < -0.3 is 15.0 Å². The maximum atomic E-state index is 12.6. The van der Waals surface area contributed by atoms with Crippen LogP contribution in [0.4, 0.5) is 0 Å². The van der Waals surface area contributed by atoms with Crippen molar-refractivity contribution in [1.29, 1.82) is 0 Å². The molecule has 5 nitrogen and oxygen atoms in total. The van der Waals surface area contributed by atoms with Crippen LogP contribution in [0.3, 0.4) is 0 Å². The highest BCUT2D eigenvalue weighted by Gasteiger charge is 2.25. The second kappa shape index (κ2) is 8.36. The van der Waals surface area contributed by atoms with E-state index in [2.05, 4.69) is 21.2 Å². The summed E-state index contributed by atoms with van der Waals surface area (Å²) < 4.78 is 6.00. The number of ether oxygens (including phenoxy) is 1. The van der Waals surface area contributed by atoms with Crippen LogP contribution in [0, 0.1) is 0 Å². The number of benzene rings is 2. The van der Waals surface area contributed by atoms with Crippen molar-refractivity contribution >= 4 is 27.7 Å². The van der Waals surface area contributed by atoms with Crippen molar-refractivity contribution in [2.75, 3.05) is 20.2 Å². The average Bonchev–Trinajstić information content (AvgIpc) is 2.68. The molecular formula is C20H21BrN2O3. The van der Waals surface area contributed by atoms with Gasteiger partial charge in [0.05, 0.1) is 7.11 Å². The van der Waals surface area contributed by atoms with Gasteiger partial charge in [-0.2, -0.15) is 0 Å². The van der Waals surface area contributed by atoms with E-state index in [0.29, 0.717) is 24.2 Å². The number of nitrogens with zero attached hydrogens (tertiary/aromatic N) is 1. The van der Waals surface area contributed by atoms with Gasteiger partial charge in [-0.05, 0) is 55.3 Å². The van der Waals surface area contributed by atoms with Crippen molar-refractivity contribution in [2.45, 2.75) is 18.9 Å². The van der Waals surface area contributed by atoms with E-state index in [0.717, 1.165) is 23.1 Å². The van der Waals surface area contributed by atoms with Crippen LogP contribution in [0.2, 0.25) is 0 Å². The van der Waals surface area contributed by atoms with Crippen molar-refractivity contribution in [1.82, 2.24) is 10.2 Å². The molecule has 2 amide bonds. The van der Waals surface area contributed by atoms with Crippen molar-refractivity contribution in [2.24, 2.45) is 0 Å². The summed E-state index contributed by atoms with van der Waals surface area (Å²) in [6.45, 7) is 1.27. The number of likely N-dealkylation sites (tertiary alicyclic amines) is 1. The molecule has 0 radical (unpaired) electrons. The van der Waals surface area contributed by atoms with Crippen LogP contribution >= 0.6 is 15.9 Å². The highest BCUT2D eigenvalue weighted by Crippen LogP contribution is 2.18. The molecule has 0 bridgehead atoms. The summed E-state index contributed by atoms with van der Waals surface area (Å²) in [5.74, 6) is 0.672. The van der Waals surface area contributed by atoms with Gasteiger partial charge in [0.15, 0.2) is 0 Å². The van der Waals surface area contributed by atoms with Crippen LogP contribution in [0.25, 0.3) is 0 Å². The highest BCUT2D eigenvalue weighted by molar-refractivity contribution is 9.10. The first-order valence-electron chi connectivity index (χ1n) is 8.56. The lowest BCUT2D eigenvalue weighted by molar-refractivity contribution is 0.0698. The van der Waals surface area contributed by atoms with Gasteiger partial charge in [0, 0.05) is 34.7 Å². The molecule has 1 heterocycles. The zero-order valence-electron chi connectivity index (χ0n) is 14.6. The molecule has 0 aliphatic carbocycles. The van der Waals surface area contributed by atoms with Crippen molar-refractivity contribution in [3.8, 4) is 5.75 Å². The van der Waals surface area contributed by atoms with Gasteiger partial charge in [0.2, 0.25) is 0 Å². The lowest BCUT2D eigenvalue weighted by atomic mass is 10.0. The van der Waals surface area contributed by atoms with Crippen LogP contribution < -0.4 is 10.1 Å². The molecule has 0 unspecified atom stereocenters.